The second-order valence-electron chi connectivity index (χ2n) is 5.90. The Labute approximate surface area is 148 Å². The Morgan fingerprint density at radius 1 is 1.32 bits per heavy atom. The van der Waals surface area contributed by atoms with E-state index in [2.05, 4.69) is 5.92 Å². The van der Waals surface area contributed by atoms with Crippen LogP contribution in [0.1, 0.15) is 31.2 Å². The van der Waals surface area contributed by atoms with Gasteiger partial charge in [-0.25, -0.2) is 9.59 Å². The Morgan fingerprint density at radius 3 is 2.64 bits per heavy atom. The number of hydrogen-bond donors (Lipinski definition) is 0. The first-order valence-corrected chi connectivity index (χ1v) is 8.13. The summed E-state index contributed by atoms with van der Waals surface area (Å²) in [5.41, 5.74) is -0.418. The monoisotopic (exact) mass is 345 g/mol. The maximum absolute atomic E-state index is 12.8. The molecule has 1 aromatic carbocycles. The fourth-order valence-electron chi connectivity index (χ4n) is 3.20. The van der Waals surface area contributed by atoms with Crippen LogP contribution in [0, 0.1) is 12.3 Å². The Balaban J connectivity index is 2.27. The summed E-state index contributed by atoms with van der Waals surface area (Å²) < 4.78 is 15.8. The summed E-state index contributed by atoms with van der Waals surface area (Å²) in [7, 11) is 2.77. The zero-order valence-electron chi connectivity index (χ0n) is 14.6. The summed E-state index contributed by atoms with van der Waals surface area (Å²) in [6, 6.07) is 9.31. The molecule has 0 bridgehead atoms. The number of ether oxygens (including phenoxy) is 3. The molecule has 1 amide bonds. The molecule has 2 rings (SSSR count). The van der Waals surface area contributed by atoms with Gasteiger partial charge in [-0.2, -0.15) is 0 Å². The van der Waals surface area contributed by atoms with E-state index >= 15 is 0 Å². The fraction of sp³-hybridized carbons (Fsp3) is 0.474. The van der Waals surface area contributed by atoms with Crippen LogP contribution in [0.25, 0.3) is 0 Å². The SMILES string of the molecule is C#CC[C@]1(C(=O)OC)CCCC(OC)N1C(=O)OCc1ccccc1. The van der Waals surface area contributed by atoms with Gasteiger partial charge in [-0.15, -0.1) is 12.3 Å². The smallest absolute Gasteiger partial charge is 0.413 e. The van der Waals surface area contributed by atoms with Gasteiger partial charge in [0.1, 0.15) is 12.8 Å². The number of methoxy groups -OCH3 is 2. The van der Waals surface area contributed by atoms with E-state index in [1.807, 2.05) is 30.3 Å². The van der Waals surface area contributed by atoms with Crippen LogP contribution in [0.2, 0.25) is 0 Å². The predicted molar refractivity (Wildman–Crippen MR) is 91.3 cm³/mol. The van der Waals surface area contributed by atoms with Gasteiger partial charge in [0.2, 0.25) is 0 Å². The number of carbonyl (C=O) groups excluding carboxylic acids is 2. The highest BCUT2D eigenvalue weighted by Crippen LogP contribution is 2.37. The van der Waals surface area contributed by atoms with Crippen LogP contribution >= 0.6 is 0 Å². The van der Waals surface area contributed by atoms with Crippen LogP contribution in [0.5, 0.6) is 0 Å². The lowest BCUT2D eigenvalue weighted by Gasteiger charge is -2.46. The molecule has 1 aromatic rings. The number of amides is 1. The van der Waals surface area contributed by atoms with Crippen molar-refractivity contribution in [1.29, 1.82) is 0 Å². The van der Waals surface area contributed by atoms with Crippen LogP contribution in [0.4, 0.5) is 4.79 Å². The highest BCUT2D eigenvalue weighted by molar-refractivity contribution is 5.86. The molecule has 1 heterocycles. The van der Waals surface area contributed by atoms with Gasteiger partial charge in [0, 0.05) is 13.5 Å². The van der Waals surface area contributed by atoms with E-state index in [1.54, 1.807) is 0 Å². The van der Waals surface area contributed by atoms with Crippen molar-refractivity contribution in [2.24, 2.45) is 0 Å². The summed E-state index contributed by atoms with van der Waals surface area (Å²) in [5, 5.41) is 0. The van der Waals surface area contributed by atoms with Crippen LogP contribution in [0.3, 0.4) is 0 Å². The van der Waals surface area contributed by atoms with E-state index in [4.69, 9.17) is 20.6 Å². The topological polar surface area (TPSA) is 65.1 Å². The zero-order valence-corrected chi connectivity index (χ0v) is 14.6. The molecular weight excluding hydrogens is 322 g/mol. The standard InChI is InChI=1S/C19H23NO5/c1-4-12-19(17(21)24-3)13-8-11-16(23-2)20(19)18(22)25-14-15-9-6-5-7-10-15/h1,5-7,9-10,16H,8,11-14H2,2-3H3/t16?,19-/m1/s1. The number of hydrogen-bond acceptors (Lipinski definition) is 5. The minimum absolute atomic E-state index is 0.0416. The van der Waals surface area contributed by atoms with Crippen LogP contribution in [-0.4, -0.2) is 42.9 Å². The van der Waals surface area contributed by atoms with Crippen molar-refractivity contribution in [3.05, 3.63) is 35.9 Å². The summed E-state index contributed by atoms with van der Waals surface area (Å²) in [5.74, 6) is 1.94. The molecule has 1 saturated heterocycles. The van der Waals surface area contributed by atoms with Crippen molar-refractivity contribution in [2.45, 2.75) is 44.1 Å². The van der Waals surface area contributed by atoms with E-state index < -0.39 is 23.8 Å². The number of piperidine rings is 1. The van der Waals surface area contributed by atoms with Crippen molar-refractivity contribution >= 4 is 12.1 Å². The molecule has 0 radical (unpaired) electrons. The van der Waals surface area contributed by atoms with E-state index in [0.717, 1.165) is 5.56 Å². The first-order chi connectivity index (χ1) is 12.1. The number of benzene rings is 1. The highest BCUT2D eigenvalue weighted by atomic mass is 16.6. The number of rotatable bonds is 5. The highest BCUT2D eigenvalue weighted by Gasteiger charge is 2.53. The minimum Gasteiger partial charge on any atom is -0.467 e. The average molecular weight is 345 g/mol. The van der Waals surface area contributed by atoms with E-state index in [0.29, 0.717) is 19.3 Å². The Morgan fingerprint density at radius 2 is 2.04 bits per heavy atom. The summed E-state index contributed by atoms with van der Waals surface area (Å²) in [6.07, 6.45) is 5.98. The molecule has 134 valence electrons. The van der Waals surface area contributed by atoms with E-state index in [1.165, 1.54) is 19.1 Å². The molecule has 0 N–H and O–H groups in total. The molecule has 0 spiro atoms. The molecule has 0 aromatic heterocycles. The Bertz CT molecular complexity index is 639. The fourth-order valence-corrected chi connectivity index (χ4v) is 3.20. The van der Waals surface area contributed by atoms with Crippen molar-refractivity contribution < 1.29 is 23.8 Å². The van der Waals surface area contributed by atoms with E-state index in [9.17, 15) is 9.59 Å². The third kappa shape index (κ3) is 3.94. The quantitative estimate of drug-likeness (QED) is 0.606. The third-order valence-electron chi connectivity index (χ3n) is 4.42. The number of esters is 1. The molecule has 0 aliphatic carbocycles. The van der Waals surface area contributed by atoms with Gasteiger partial charge in [-0.1, -0.05) is 30.3 Å². The van der Waals surface area contributed by atoms with Gasteiger partial charge >= 0.3 is 12.1 Å². The van der Waals surface area contributed by atoms with Crippen molar-refractivity contribution in [2.75, 3.05) is 14.2 Å². The number of terminal acetylenes is 1. The van der Waals surface area contributed by atoms with Gasteiger partial charge in [0.05, 0.1) is 7.11 Å². The molecule has 1 fully saturated rings. The number of nitrogens with zero attached hydrogens (tertiary/aromatic N) is 1. The summed E-state index contributed by atoms with van der Waals surface area (Å²) >= 11 is 0. The summed E-state index contributed by atoms with van der Waals surface area (Å²) in [6.45, 7) is 0.0971. The maximum atomic E-state index is 12.8. The summed E-state index contributed by atoms with van der Waals surface area (Å²) in [4.78, 5) is 26.6. The first kappa shape index (κ1) is 18.8. The van der Waals surface area contributed by atoms with Crippen molar-refractivity contribution in [3.8, 4) is 12.3 Å². The minimum atomic E-state index is -1.27. The Kier molecular flexibility index (Phi) is 6.43. The molecule has 6 nitrogen and oxygen atoms in total. The lowest BCUT2D eigenvalue weighted by atomic mass is 9.83. The van der Waals surface area contributed by atoms with Crippen LogP contribution < -0.4 is 0 Å². The number of carbonyl (C=O) groups is 2. The normalized spacial score (nSPS) is 22.8. The third-order valence-corrected chi connectivity index (χ3v) is 4.42. The van der Waals surface area contributed by atoms with Gasteiger partial charge < -0.3 is 14.2 Å². The molecule has 0 saturated carbocycles. The molecule has 2 atom stereocenters. The molecule has 6 heteroatoms. The molecule has 1 unspecified atom stereocenters. The van der Waals surface area contributed by atoms with E-state index in [-0.39, 0.29) is 13.0 Å². The molecular formula is C19H23NO5. The number of likely N-dealkylation sites (tertiary alicyclic amines) is 1. The van der Waals surface area contributed by atoms with Gasteiger partial charge in [0.15, 0.2) is 5.54 Å². The zero-order chi connectivity index (χ0) is 18.3. The predicted octanol–water partition coefficient (Wildman–Crippen LogP) is 2.72. The second-order valence-corrected chi connectivity index (χ2v) is 5.90. The second kappa shape index (κ2) is 8.54. The lowest BCUT2D eigenvalue weighted by molar-refractivity contribution is -0.170. The molecule has 25 heavy (non-hydrogen) atoms. The average Bonchev–Trinajstić information content (AvgIpc) is 2.66. The molecule has 1 aliphatic heterocycles. The van der Waals surface area contributed by atoms with Crippen molar-refractivity contribution in [1.82, 2.24) is 4.90 Å². The Hall–Kier alpha value is -2.52. The lowest BCUT2D eigenvalue weighted by Crippen LogP contribution is -2.63. The van der Waals surface area contributed by atoms with Gasteiger partial charge in [-0.3, -0.25) is 4.90 Å². The van der Waals surface area contributed by atoms with Crippen molar-refractivity contribution in [3.63, 3.8) is 0 Å². The first-order valence-electron chi connectivity index (χ1n) is 8.13. The van der Waals surface area contributed by atoms with Crippen LogP contribution in [0.15, 0.2) is 30.3 Å². The maximum Gasteiger partial charge on any atom is 0.413 e. The molecule has 1 aliphatic rings. The van der Waals surface area contributed by atoms with Gasteiger partial charge in [-0.05, 0) is 24.8 Å². The van der Waals surface area contributed by atoms with Gasteiger partial charge in [0.25, 0.3) is 0 Å². The largest absolute Gasteiger partial charge is 0.467 e. The van der Waals surface area contributed by atoms with Crippen LogP contribution in [-0.2, 0) is 25.6 Å².